The highest BCUT2D eigenvalue weighted by Gasteiger charge is 1.93. The van der Waals surface area contributed by atoms with Crippen LogP contribution in [0, 0.1) is 0 Å². The van der Waals surface area contributed by atoms with Crippen molar-refractivity contribution >= 4 is 17.9 Å². The van der Waals surface area contributed by atoms with Gasteiger partial charge in [0.15, 0.2) is 0 Å². The molecule has 5 heteroatoms. The molecule has 0 aromatic carbocycles. The molecule has 0 spiro atoms. The molecule has 0 radical (unpaired) electrons. The highest BCUT2D eigenvalue weighted by molar-refractivity contribution is 7.64. The van der Waals surface area contributed by atoms with E-state index in [2.05, 4.69) is 4.74 Å². The Hall–Kier alpha value is -0.580. The molecule has 0 saturated carbocycles. The van der Waals surface area contributed by atoms with Crippen molar-refractivity contribution in [1.29, 1.82) is 0 Å². The lowest BCUT2D eigenvalue weighted by Crippen LogP contribution is -2.19. The van der Waals surface area contributed by atoms with E-state index in [1.54, 1.807) is 6.92 Å². The van der Waals surface area contributed by atoms with Crippen LogP contribution in [0.4, 0.5) is 4.79 Å². The van der Waals surface area contributed by atoms with Gasteiger partial charge >= 0.3 is 6.09 Å². The topological polar surface area (TPSA) is 55.4 Å². The minimum Gasteiger partial charge on any atom is -0.449 e. The number of amides is 1. The van der Waals surface area contributed by atoms with E-state index in [0.717, 1.165) is 0 Å². The summed E-state index contributed by atoms with van der Waals surface area (Å²) in [5, 5.41) is 0. The van der Waals surface area contributed by atoms with Crippen LogP contribution in [0.15, 0.2) is 0 Å². The van der Waals surface area contributed by atoms with Crippen LogP contribution in [0.2, 0.25) is 0 Å². The van der Waals surface area contributed by atoms with Gasteiger partial charge in [0.05, 0.1) is 6.61 Å². The van der Waals surface area contributed by atoms with Crippen molar-refractivity contribution in [3.63, 3.8) is 0 Å². The van der Waals surface area contributed by atoms with Crippen molar-refractivity contribution in [2.75, 3.05) is 6.61 Å². The monoisotopic (exact) mass is 137 g/mol. The summed E-state index contributed by atoms with van der Waals surface area (Å²) in [6.07, 6.45) is -0.663. The molecular weight excluding hydrogens is 130 g/mol. The average Bonchev–Trinajstić information content (AvgIpc) is 1.68. The third-order valence-electron chi connectivity index (χ3n) is 0.412. The van der Waals surface area contributed by atoms with Crippen LogP contribution in [0.5, 0.6) is 0 Å². The van der Waals surface area contributed by atoms with Crippen LogP contribution in [0.1, 0.15) is 6.92 Å². The van der Waals surface area contributed by atoms with Gasteiger partial charge in [0.2, 0.25) is 0 Å². The van der Waals surface area contributed by atoms with Crippen LogP contribution in [0.25, 0.3) is 0 Å². The minimum absolute atomic E-state index is 0.293. The summed E-state index contributed by atoms with van der Waals surface area (Å²) in [5.41, 5.74) is 0. The van der Waals surface area contributed by atoms with Crippen molar-refractivity contribution in [1.82, 2.24) is 4.72 Å². The standard InChI is InChI=1S/C3H7NO3S/c1-2-7-3(5)4-8-6/h8H,2H2,1H3,(H,4,5,6). The van der Waals surface area contributed by atoms with Crippen LogP contribution >= 0.6 is 0 Å². The van der Waals surface area contributed by atoms with Crippen molar-refractivity contribution in [3.05, 3.63) is 0 Å². The van der Waals surface area contributed by atoms with E-state index >= 15 is 0 Å². The predicted molar refractivity (Wildman–Crippen MR) is 29.7 cm³/mol. The molecule has 0 aliphatic heterocycles. The first-order chi connectivity index (χ1) is 3.81. The second-order valence-electron chi connectivity index (χ2n) is 0.924. The Morgan fingerprint density at radius 1 is 1.88 bits per heavy atom. The number of ether oxygens (including phenoxy) is 1. The highest BCUT2D eigenvalue weighted by Crippen LogP contribution is 1.71. The van der Waals surface area contributed by atoms with Crippen LogP contribution in [-0.4, -0.2) is 16.9 Å². The molecule has 48 valence electrons. The van der Waals surface area contributed by atoms with E-state index in [1.165, 1.54) is 0 Å². The largest absolute Gasteiger partial charge is 0.449 e. The molecule has 0 aromatic rings. The van der Waals surface area contributed by atoms with Gasteiger partial charge in [-0.2, -0.15) is 0 Å². The molecule has 0 rings (SSSR count). The van der Waals surface area contributed by atoms with E-state index in [0.29, 0.717) is 6.61 Å². The van der Waals surface area contributed by atoms with Gasteiger partial charge in [-0.3, -0.25) is 0 Å². The summed E-state index contributed by atoms with van der Waals surface area (Å²) in [7, 11) is 0. The van der Waals surface area contributed by atoms with E-state index in [9.17, 15) is 9.00 Å². The maximum atomic E-state index is 10.1. The Labute approximate surface area is 50.8 Å². The van der Waals surface area contributed by atoms with E-state index in [4.69, 9.17) is 0 Å². The fraction of sp³-hybridized carbons (Fsp3) is 0.667. The minimum atomic E-state index is -0.663. The Balaban J connectivity index is 3.18. The molecule has 0 bridgehead atoms. The molecule has 1 amide bonds. The number of carbonyl (C=O) groups excluding carboxylic acids is 1. The molecule has 0 heterocycles. The summed E-state index contributed by atoms with van der Waals surface area (Å²) in [4.78, 5) is 10.1. The molecule has 0 saturated heterocycles. The lowest BCUT2D eigenvalue weighted by molar-refractivity contribution is 0.159. The molecule has 0 aromatic heterocycles. The van der Waals surface area contributed by atoms with Crippen LogP contribution < -0.4 is 4.72 Å². The average molecular weight is 137 g/mol. The quantitative estimate of drug-likeness (QED) is 0.509. The SMILES string of the molecule is CCOC(=O)N[SH]=O. The number of hydrogen-bond donors (Lipinski definition) is 2. The highest BCUT2D eigenvalue weighted by atomic mass is 32.2. The molecule has 0 unspecified atom stereocenters. The van der Waals surface area contributed by atoms with Crippen molar-refractivity contribution in [2.45, 2.75) is 6.92 Å². The Kier molecular flexibility index (Phi) is 4.24. The van der Waals surface area contributed by atoms with Crippen LogP contribution in [0.3, 0.4) is 0 Å². The lowest BCUT2D eigenvalue weighted by Gasteiger charge is -1.95. The zero-order chi connectivity index (χ0) is 6.41. The number of hydrogen-bond acceptors (Lipinski definition) is 3. The zero-order valence-electron chi connectivity index (χ0n) is 4.38. The summed E-state index contributed by atoms with van der Waals surface area (Å²) < 4.78 is 15.8. The fourth-order valence-corrected chi connectivity index (χ4v) is 0.340. The van der Waals surface area contributed by atoms with Crippen LogP contribution in [-0.2, 0) is 16.6 Å². The Bertz CT molecular complexity index is 94.5. The van der Waals surface area contributed by atoms with E-state index < -0.39 is 17.9 Å². The molecule has 0 aliphatic carbocycles. The first-order valence-corrected chi connectivity index (χ1v) is 2.87. The second kappa shape index (κ2) is 4.58. The Morgan fingerprint density at radius 3 is 2.88 bits per heavy atom. The van der Waals surface area contributed by atoms with Crippen molar-refractivity contribution in [2.24, 2.45) is 0 Å². The third-order valence-corrected chi connectivity index (χ3v) is 0.686. The third kappa shape index (κ3) is 3.60. The van der Waals surface area contributed by atoms with E-state index in [1.807, 2.05) is 4.72 Å². The molecule has 0 aliphatic rings. The first-order valence-electron chi connectivity index (χ1n) is 2.06. The maximum absolute atomic E-state index is 10.1. The number of carbonyl (C=O) groups is 1. The molecule has 0 fully saturated rings. The predicted octanol–water partition coefficient (Wildman–Crippen LogP) is -0.407. The van der Waals surface area contributed by atoms with Gasteiger partial charge in [0.1, 0.15) is 11.9 Å². The summed E-state index contributed by atoms with van der Waals surface area (Å²) >= 11 is -0.426. The molecular formula is C3H7NO3S. The molecule has 1 N–H and O–H groups in total. The van der Waals surface area contributed by atoms with Gasteiger partial charge in [-0.15, -0.1) is 0 Å². The van der Waals surface area contributed by atoms with Gasteiger partial charge in [0.25, 0.3) is 0 Å². The summed E-state index contributed by atoms with van der Waals surface area (Å²) in [6.45, 7) is 1.96. The Morgan fingerprint density at radius 2 is 2.50 bits per heavy atom. The van der Waals surface area contributed by atoms with Crippen molar-refractivity contribution in [3.8, 4) is 0 Å². The zero-order valence-corrected chi connectivity index (χ0v) is 5.27. The van der Waals surface area contributed by atoms with Gasteiger partial charge < -0.3 is 4.74 Å². The van der Waals surface area contributed by atoms with Gasteiger partial charge in [-0.25, -0.2) is 13.7 Å². The second-order valence-corrected chi connectivity index (χ2v) is 1.33. The number of rotatable bonds is 2. The molecule has 0 atom stereocenters. The molecule has 8 heavy (non-hydrogen) atoms. The maximum Gasteiger partial charge on any atom is 0.418 e. The van der Waals surface area contributed by atoms with Crippen molar-refractivity contribution < 1.29 is 13.7 Å². The summed E-state index contributed by atoms with van der Waals surface area (Å²) in [5.74, 6) is 0. The first kappa shape index (κ1) is 7.42. The fourth-order valence-electron chi connectivity index (χ4n) is 0.201. The number of nitrogens with one attached hydrogen (secondary N) is 1. The lowest BCUT2D eigenvalue weighted by atomic mass is 10.9. The normalized spacial score (nSPS) is 8.12. The summed E-state index contributed by atoms with van der Waals surface area (Å²) in [6, 6.07) is 0. The molecule has 4 nitrogen and oxygen atoms in total. The van der Waals surface area contributed by atoms with Gasteiger partial charge in [-0.05, 0) is 6.92 Å². The van der Waals surface area contributed by atoms with Gasteiger partial charge in [-0.1, -0.05) is 0 Å². The van der Waals surface area contributed by atoms with E-state index in [-0.39, 0.29) is 0 Å². The smallest absolute Gasteiger partial charge is 0.418 e. The van der Waals surface area contributed by atoms with Gasteiger partial charge in [0, 0.05) is 0 Å². The number of thiol groups is 1.